The Morgan fingerprint density at radius 3 is 2.67 bits per heavy atom. The van der Waals surface area contributed by atoms with Crippen LogP contribution < -0.4 is 10.5 Å². The molecule has 1 aromatic carbocycles. The first kappa shape index (κ1) is 16.7. The lowest BCUT2D eigenvalue weighted by Gasteiger charge is -2.27. The summed E-state index contributed by atoms with van der Waals surface area (Å²) >= 11 is 1.50. The van der Waals surface area contributed by atoms with Crippen molar-refractivity contribution in [1.82, 2.24) is 29.8 Å². The van der Waals surface area contributed by atoms with E-state index in [1.807, 2.05) is 12.1 Å². The zero-order valence-corrected chi connectivity index (χ0v) is 15.8. The summed E-state index contributed by atoms with van der Waals surface area (Å²) < 4.78 is 3.66. The van der Waals surface area contributed by atoms with Crippen molar-refractivity contribution in [2.24, 2.45) is 0 Å². The first-order valence-corrected chi connectivity index (χ1v) is 10.4. The fourth-order valence-corrected chi connectivity index (χ4v) is 4.43. The molecule has 0 spiro atoms. The number of anilines is 1. The van der Waals surface area contributed by atoms with E-state index in [1.165, 1.54) is 48.5 Å². The highest BCUT2D eigenvalue weighted by Gasteiger charge is 2.32. The van der Waals surface area contributed by atoms with Gasteiger partial charge < -0.3 is 4.90 Å². The van der Waals surface area contributed by atoms with Crippen molar-refractivity contribution in [3.8, 4) is 0 Å². The molecule has 2 aromatic heterocycles. The van der Waals surface area contributed by atoms with E-state index >= 15 is 0 Å². The Bertz CT molecular complexity index is 1020. The van der Waals surface area contributed by atoms with Gasteiger partial charge in [0.15, 0.2) is 5.16 Å². The van der Waals surface area contributed by atoms with Gasteiger partial charge in [0.25, 0.3) is 5.56 Å². The molecule has 2 fully saturated rings. The van der Waals surface area contributed by atoms with Crippen LogP contribution in [0.25, 0.3) is 10.9 Å². The third-order valence-electron chi connectivity index (χ3n) is 5.14. The third-order valence-corrected chi connectivity index (χ3v) is 6.05. The molecule has 0 atom stereocenters. The van der Waals surface area contributed by atoms with Crippen molar-refractivity contribution in [2.75, 3.05) is 18.0 Å². The molecule has 27 heavy (non-hydrogen) atoms. The van der Waals surface area contributed by atoms with Gasteiger partial charge in [-0.1, -0.05) is 29.1 Å². The van der Waals surface area contributed by atoms with Gasteiger partial charge in [0.2, 0.25) is 5.95 Å². The van der Waals surface area contributed by atoms with E-state index in [0.717, 1.165) is 24.2 Å². The van der Waals surface area contributed by atoms with Gasteiger partial charge in [0, 0.05) is 19.1 Å². The van der Waals surface area contributed by atoms with Gasteiger partial charge in [-0.15, -0.1) is 15.3 Å². The summed E-state index contributed by atoms with van der Waals surface area (Å²) in [5.41, 5.74) is 0.499. The molecule has 1 saturated heterocycles. The molecule has 0 radical (unpaired) electrons. The molecule has 0 unspecified atom stereocenters. The van der Waals surface area contributed by atoms with Crippen molar-refractivity contribution in [1.29, 1.82) is 0 Å². The average Bonchev–Trinajstić information content (AvgIpc) is 3.47. The molecule has 1 aliphatic carbocycles. The Morgan fingerprint density at radius 2 is 1.85 bits per heavy atom. The monoisotopic (exact) mass is 383 g/mol. The van der Waals surface area contributed by atoms with E-state index in [1.54, 1.807) is 12.1 Å². The van der Waals surface area contributed by atoms with Crippen LogP contribution in [0, 0.1) is 0 Å². The van der Waals surface area contributed by atoms with Crippen molar-refractivity contribution in [2.45, 2.75) is 49.2 Å². The molecule has 5 rings (SSSR count). The SMILES string of the molecule is O=c1c2ccccc2nnn1CSc1nnc(N2CCCCC2)n1C1CC1. The quantitative estimate of drug-likeness (QED) is 0.626. The lowest BCUT2D eigenvalue weighted by atomic mass is 10.1. The van der Waals surface area contributed by atoms with Gasteiger partial charge in [-0.25, -0.2) is 0 Å². The molecule has 9 heteroatoms. The predicted molar refractivity (Wildman–Crippen MR) is 104 cm³/mol. The van der Waals surface area contributed by atoms with Crippen molar-refractivity contribution in [3.63, 3.8) is 0 Å². The third kappa shape index (κ3) is 3.20. The topological polar surface area (TPSA) is 81.7 Å². The fraction of sp³-hybridized carbons (Fsp3) is 0.500. The summed E-state index contributed by atoms with van der Waals surface area (Å²) in [4.78, 5) is 15.0. The Morgan fingerprint density at radius 1 is 1.04 bits per heavy atom. The second-order valence-electron chi connectivity index (χ2n) is 7.12. The maximum Gasteiger partial charge on any atom is 0.278 e. The summed E-state index contributed by atoms with van der Waals surface area (Å²) in [6, 6.07) is 7.77. The van der Waals surface area contributed by atoms with E-state index < -0.39 is 0 Å². The number of nitrogens with zero attached hydrogens (tertiary/aromatic N) is 7. The smallest absolute Gasteiger partial charge is 0.278 e. The molecule has 140 valence electrons. The summed E-state index contributed by atoms with van der Waals surface area (Å²) in [6.07, 6.45) is 6.05. The van der Waals surface area contributed by atoms with Crippen LogP contribution in [-0.4, -0.2) is 42.8 Å². The average molecular weight is 383 g/mol. The first-order chi connectivity index (χ1) is 13.3. The van der Waals surface area contributed by atoms with E-state index in [-0.39, 0.29) is 5.56 Å². The number of aromatic nitrogens is 6. The highest BCUT2D eigenvalue weighted by atomic mass is 32.2. The minimum absolute atomic E-state index is 0.123. The zero-order valence-electron chi connectivity index (χ0n) is 15.0. The van der Waals surface area contributed by atoms with E-state index in [2.05, 4.69) is 30.0 Å². The molecule has 0 N–H and O–H groups in total. The molecular formula is C18H21N7OS. The predicted octanol–water partition coefficient (Wildman–Crippen LogP) is 2.46. The Hall–Kier alpha value is -2.42. The second kappa shape index (κ2) is 6.95. The molecule has 0 amide bonds. The standard InChI is InChI=1S/C18H21N7OS/c26-16-14-6-2-3-7-15(14)19-22-24(16)12-27-18-21-20-17(25(18)13-8-9-13)23-10-4-1-5-11-23/h2-3,6-7,13H,1,4-5,8-12H2. The van der Waals surface area contributed by atoms with Gasteiger partial charge in [0.1, 0.15) is 5.52 Å². The fourth-order valence-electron chi connectivity index (χ4n) is 3.56. The minimum atomic E-state index is -0.123. The van der Waals surface area contributed by atoms with Crippen LogP contribution in [0.1, 0.15) is 38.1 Å². The van der Waals surface area contributed by atoms with Crippen molar-refractivity contribution < 1.29 is 0 Å². The number of rotatable bonds is 5. The molecule has 1 aliphatic heterocycles. The highest BCUT2D eigenvalue weighted by Crippen LogP contribution is 2.41. The normalized spacial score (nSPS) is 17.6. The molecule has 3 heterocycles. The van der Waals surface area contributed by atoms with Crippen LogP contribution in [0.4, 0.5) is 5.95 Å². The molecule has 0 bridgehead atoms. The Balaban J connectivity index is 1.41. The van der Waals surface area contributed by atoms with E-state index in [9.17, 15) is 4.79 Å². The maximum absolute atomic E-state index is 12.6. The molecule has 1 saturated carbocycles. The highest BCUT2D eigenvalue weighted by molar-refractivity contribution is 7.98. The minimum Gasteiger partial charge on any atom is -0.341 e. The van der Waals surface area contributed by atoms with Crippen LogP contribution in [0.5, 0.6) is 0 Å². The van der Waals surface area contributed by atoms with Crippen molar-refractivity contribution in [3.05, 3.63) is 34.6 Å². The van der Waals surface area contributed by atoms with Crippen LogP contribution in [0.3, 0.4) is 0 Å². The van der Waals surface area contributed by atoms with E-state index in [0.29, 0.717) is 22.8 Å². The first-order valence-electron chi connectivity index (χ1n) is 9.46. The molecule has 3 aromatic rings. The molecule has 2 aliphatic rings. The number of benzene rings is 1. The van der Waals surface area contributed by atoms with Crippen LogP contribution in [0.2, 0.25) is 0 Å². The van der Waals surface area contributed by atoms with Gasteiger partial charge in [0.05, 0.1) is 11.3 Å². The van der Waals surface area contributed by atoms with Crippen molar-refractivity contribution >= 4 is 28.6 Å². The number of thioether (sulfide) groups is 1. The summed E-state index contributed by atoms with van der Waals surface area (Å²) in [6.45, 7) is 2.09. The number of hydrogen-bond acceptors (Lipinski definition) is 7. The van der Waals surface area contributed by atoms with Crippen LogP contribution >= 0.6 is 11.8 Å². The lowest BCUT2D eigenvalue weighted by molar-refractivity contribution is 0.548. The summed E-state index contributed by atoms with van der Waals surface area (Å²) in [7, 11) is 0. The van der Waals surface area contributed by atoms with Crippen LogP contribution in [-0.2, 0) is 5.88 Å². The molecule has 8 nitrogen and oxygen atoms in total. The second-order valence-corrected chi connectivity index (χ2v) is 8.03. The Labute approximate surface area is 160 Å². The zero-order chi connectivity index (χ0) is 18.2. The van der Waals surface area contributed by atoms with Gasteiger partial charge in [-0.05, 0) is 44.2 Å². The van der Waals surface area contributed by atoms with Gasteiger partial charge in [-0.3, -0.25) is 9.36 Å². The number of fused-ring (bicyclic) bond motifs is 1. The Kier molecular flexibility index (Phi) is 4.31. The number of hydrogen-bond donors (Lipinski definition) is 0. The van der Waals surface area contributed by atoms with Crippen LogP contribution in [0.15, 0.2) is 34.2 Å². The molecular weight excluding hydrogens is 362 g/mol. The lowest BCUT2D eigenvalue weighted by Crippen LogP contribution is -2.32. The van der Waals surface area contributed by atoms with E-state index in [4.69, 9.17) is 0 Å². The number of piperidine rings is 1. The summed E-state index contributed by atoms with van der Waals surface area (Å²) in [5, 5.41) is 18.6. The maximum atomic E-state index is 12.6. The van der Waals surface area contributed by atoms with Gasteiger partial charge in [-0.2, -0.15) is 4.68 Å². The summed E-state index contributed by atoms with van der Waals surface area (Å²) in [5.74, 6) is 1.36. The largest absolute Gasteiger partial charge is 0.341 e. The van der Waals surface area contributed by atoms with Gasteiger partial charge >= 0.3 is 0 Å².